The molecule has 0 aromatic carbocycles. The van der Waals surface area contributed by atoms with Gasteiger partial charge >= 0.3 is 11.9 Å². The molecule has 146 valence electrons. The van der Waals surface area contributed by atoms with Crippen molar-refractivity contribution in [1.29, 1.82) is 0 Å². The molecular formula is C17H32NO6P. The maximum Gasteiger partial charge on any atom is 0.306 e. The number of hydrogen-bond acceptors (Lipinski definition) is 5. The molecule has 7 nitrogen and oxygen atoms in total. The van der Waals surface area contributed by atoms with Crippen LogP contribution in [0.2, 0.25) is 0 Å². The van der Waals surface area contributed by atoms with Gasteiger partial charge in [-0.25, -0.2) is 0 Å². The molecule has 2 fully saturated rings. The van der Waals surface area contributed by atoms with Gasteiger partial charge in [0.15, 0.2) is 0 Å². The van der Waals surface area contributed by atoms with Crippen LogP contribution >= 0.6 is 7.51 Å². The molecule has 2 rings (SSSR count). The van der Waals surface area contributed by atoms with Gasteiger partial charge in [-0.15, -0.1) is 0 Å². The first-order chi connectivity index (χ1) is 11.3. The molecule has 25 heavy (non-hydrogen) atoms. The maximum absolute atomic E-state index is 11.0. The Balaban J connectivity index is 0.00000312. The Labute approximate surface area is 150 Å². The third-order valence-electron chi connectivity index (χ3n) is 5.10. The smallest absolute Gasteiger partial charge is 0.306 e. The van der Waals surface area contributed by atoms with Crippen molar-refractivity contribution in [3.8, 4) is 0 Å². The molecule has 0 amide bonds. The minimum Gasteiger partial charge on any atom is -0.481 e. The summed E-state index contributed by atoms with van der Waals surface area (Å²) in [5.41, 5.74) is 0. The fourth-order valence-electron chi connectivity index (χ4n) is 3.50. The standard InChI is InChI=1S/C16H28NO6P.CH4/c1-17-24(2,22-13-7-3-11(4-8-13)15(18)19)23-14-9-5-12(6-10-14)16(20)21;/h11-14H,3-10H2,1-2H3,(H,18,19)(H,20,21);1H4. The van der Waals surface area contributed by atoms with E-state index >= 15 is 0 Å². The topological polar surface area (TPSA) is 105 Å². The first kappa shape index (κ1) is 22.1. The summed E-state index contributed by atoms with van der Waals surface area (Å²) in [6, 6.07) is 0. The molecule has 0 bridgehead atoms. The Morgan fingerprint density at radius 3 is 1.40 bits per heavy atom. The summed E-state index contributed by atoms with van der Waals surface area (Å²) in [5, 5.41) is 18.1. The van der Waals surface area contributed by atoms with E-state index in [9.17, 15) is 9.59 Å². The van der Waals surface area contributed by atoms with Crippen LogP contribution in [0.4, 0.5) is 0 Å². The SMILES string of the molecule is C.CN=P(C)(OC1CCC(C(=O)O)CC1)OC1CCC(C(=O)O)CC1. The molecule has 0 aromatic rings. The van der Waals surface area contributed by atoms with Crippen molar-refractivity contribution >= 4 is 19.4 Å². The van der Waals surface area contributed by atoms with Crippen molar-refractivity contribution in [3.63, 3.8) is 0 Å². The van der Waals surface area contributed by atoms with Crippen molar-refractivity contribution in [3.05, 3.63) is 0 Å². The number of carboxylic acid groups (broad SMARTS) is 2. The summed E-state index contributed by atoms with van der Waals surface area (Å²) in [4.78, 5) is 22.0. The first-order valence-electron chi connectivity index (χ1n) is 8.63. The number of carbonyl (C=O) groups is 2. The van der Waals surface area contributed by atoms with Gasteiger partial charge in [-0.2, -0.15) is 0 Å². The van der Waals surface area contributed by atoms with Crippen LogP contribution in [0.1, 0.15) is 58.8 Å². The van der Waals surface area contributed by atoms with Gasteiger partial charge < -0.3 is 19.3 Å². The van der Waals surface area contributed by atoms with Crippen molar-refractivity contribution in [1.82, 2.24) is 0 Å². The van der Waals surface area contributed by atoms with E-state index in [0.717, 1.165) is 25.7 Å². The van der Waals surface area contributed by atoms with Gasteiger partial charge in [0.2, 0.25) is 7.51 Å². The highest BCUT2D eigenvalue weighted by molar-refractivity contribution is 7.55. The molecule has 0 radical (unpaired) electrons. The Bertz CT molecular complexity index is 467. The monoisotopic (exact) mass is 377 g/mol. The number of nitrogens with zero attached hydrogens (tertiary/aromatic N) is 1. The van der Waals surface area contributed by atoms with E-state index < -0.39 is 19.4 Å². The third kappa shape index (κ3) is 6.39. The molecule has 8 heteroatoms. The fourth-order valence-corrected chi connectivity index (χ4v) is 5.27. The highest BCUT2D eigenvalue weighted by atomic mass is 31.2. The zero-order valence-corrected chi connectivity index (χ0v) is 15.3. The quantitative estimate of drug-likeness (QED) is 0.671. The molecule has 0 aliphatic heterocycles. The van der Waals surface area contributed by atoms with E-state index in [0.29, 0.717) is 25.7 Å². The van der Waals surface area contributed by atoms with E-state index in [-0.39, 0.29) is 31.5 Å². The van der Waals surface area contributed by atoms with Crippen LogP contribution in [0.25, 0.3) is 0 Å². The van der Waals surface area contributed by atoms with Crippen LogP contribution in [-0.4, -0.2) is 48.1 Å². The van der Waals surface area contributed by atoms with Gasteiger partial charge in [-0.3, -0.25) is 14.3 Å². The summed E-state index contributed by atoms with van der Waals surface area (Å²) in [7, 11) is -0.650. The van der Waals surface area contributed by atoms with Gasteiger partial charge in [-0.05, 0) is 51.4 Å². The highest BCUT2D eigenvalue weighted by Crippen LogP contribution is 2.53. The van der Waals surface area contributed by atoms with Gasteiger partial charge in [0.25, 0.3) is 0 Å². The largest absolute Gasteiger partial charge is 0.481 e. The Morgan fingerprint density at radius 1 is 0.840 bits per heavy atom. The molecule has 2 aliphatic rings. The lowest BCUT2D eigenvalue weighted by atomic mass is 9.88. The van der Waals surface area contributed by atoms with Crippen molar-refractivity contribution in [2.45, 2.75) is 71.0 Å². The summed E-state index contributed by atoms with van der Waals surface area (Å²) >= 11 is 0. The number of aliphatic carboxylic acids is 2. The van der Waals surface area contributed by atoms with Gasteiger partial charge in [0, 0.05) is 13.7 Å². The summed E-state index contributed by atoms with van der Waals surface area (Å²) in [5.74, 6) is -1.98. The average Bonchev–Trinajstić information content (AvgIpc) is 2.55. The van der Waals surface area contributed by atoms with Gasteiger partial charge in [-0.1, -0.05) is 7.43 Å². The number of carboxylic acids is 2. The van der Waals surface area contributed by atoms with Crippen LogP contribution in [0, 0.1) is 11.8 Å². The molecule has 2 N–H and O–H groups in total. The van der Waals surface area contributed by atoms with E-state index in [4.69, 9.17) is 19.3 Å². The molecule has 0 atom stereocenters. The molecule has 0 aromatic heterocycles. The second kappa shape index (κ2) is 9.70. The van der Waals surface area contributed by atoms with Crippen molar-refractivity contribution < 1.29 is 28.8 Å². The lowest BCUT2D eigenvalue weighted by Gasteiger charge is -2.34. The molecular weight excluding hydrogens is 345 g/mol. The third-order valence-corrected chi connectivity index (χ3v) is 7.20. The number of rotatable bonds is 6. The minimum atomic E-state index is -2.34. The zero-order valence-electron chi connectivity index (χ0n) is 14.4. The molecule has 2 aliphatic carbocycles. The van der Waals surface area contributed by atoms with E-state index in [2.05, 4.69) is 4.74 Å². The second-order valence-corrected chi connectivity index (χ2v) is 9.27. The summed E-state index contributed by atoms with van der Waals surface area (Å²) in [6.45, 7) is 1.89. The van der Waals surface area contributed by atoms with Crippen LogP contribution in [-0.2, 0) is 18.6 Å². The first-order valence-corrected chi connectivity index (χ1v) is 10.7. The maximum atomic E-state index is 11.0. The Morgan fingerprint density at radius 2 is 1.16 bits per heavy atom. The Hall–Kier alpha value is -0.910. The summed E-state index contributed by atoms with van der Waals surface area (Å²) in [6.07, 6.45) is 5.40. The van der Waals surface area contributed by atoms with Crippen LogP contribution < -0.4 is 0 Å². The van der Waals surface area contributed by atoms with Gasteiger partial charge in [0.1, 0.15) is 0 Å². The van der Waals surface area contributed by atoms with Crippen molar-refractivity contribution in [2.24, 2.45) is 16.6 Å². The second-order valence-electron chi connectivity index (χ2n) is 6.84. The van der Waals surface area contributed by atoms with E-state index in [1.807, 2.05) is 6.66 Å². The van der Waals surface area contributed by atoms with E-state index in [1.54, 1.807) is 7.05 Å². The lowest BCUT2D eigenvalue weighted by molar-refractivity contribution is -0.144. The fraction of sp³-hybridized carbons (Fsp3) is 0.882. The lowest BCUT2D eigenvalue weighted by Crippen LogP contribution is -2.28. The molecule has 0 unspecified atom stereocenters. The van der Waals surface area contributed by atoms with Crippen molar-refractivity contribution in [2.75, 3.05) is 13.7 Å². The highest BCUT2D eigenvalue weighted by Gasteiger charge is 2.33. The average molecular weight is 377 g/mol. The van der Waals surface area contributed by atoms with E-state index in [1.165, 1.54) is 0 Å². The molecule has 2 saturated carbocycles. The molecule has 0 heterocycles. The van der Waals surface area contributed by atoms with Crippen LogP contribution in [0.15, 0.2) is 4.74 Å². The molecule has 0 saturated heterocycles. The Kier molecular flexibility index (Phi) is 8.58. The molecule has 0 spiro atoms. The summed E-state index contributed by atoms with van der Waals surface area (Å²) < 4.78 is 16.6. The number of hydrogen-bond donors (Lipinski definition) is 2. The van der Waals surface area contributed by atoms with Gasteiger partial charge in [0.05, 0.1) is 24.0 Å². The minimum absolute atomic E-state index is 0. The van der Waals surface area contributed by atoms with Crippen LogP contribution in [0.5, 0.6) is 0 Å². The zero-order chi connectivity index (χ0) is 17.7. The predicted molar refractivity (Wildman–Crippen MR) is 96.9 cm³/mol. The predicted octanol–water partition coefficient (Wildman–Crippen LogP) is 4.23. The van der Waals surface area contributed by atoms with Crippen LogP contribution in [0.3, 0.4) is 0 Å². The normalized spacial score (nSPS) is 32.1.